The minimum Gasteiger partial charge on any atom is -0.388 e. The molecule has 0 bridgehead atoms. The minimum absolute atomic E-state index is 0.0383. The third kappa shape index (κ3) is 8.41. The van der Waals surface area contributed by atoms with E-state index in [0.717, 1.165) is 12.8 Å². The maximum Gasteiger partial charge on any atom is 0.146 e. The van der Waals surface area contributed by atoms with Crippen LogP contribution in [0.15, 0.2) is 4.99 Å². The largest absolute Gasteiger partial charge is 0.388 e. The summed E-state index contributed by atoms with van der Waals surface area (Å²) in [6.45, 7) is 10.3. The van der Waals surface area contributed by atoms with Crippen molar-refractivity contribution in [2.45, 2.75) is 59.0 Å². The van der Waals surface area contributed by atoms with Crippen molar-refractivity contribution in [2.24, 2.45) is 10.7 Å². The Kier molecular flexibility index (Phi) is 6.26. The molecule has 3 N–H and O–H groups in total. The number of Topliss-reactive ketones (excluding diaryl/α,β-unsaturated/α-hetero) is 1. The fourth-order valence-electron chi connectivity index (χ4n) is 1.45. The van der Waals surface area contributed by atoms with Crippen LogP contribution in [0.25, 0.3) is 0 Å². The molecule has 0 aromatic rings. The number of carbonyl (C=O) groups excluding carboxylic acids is 1. The number of nitrogens with two attached hydrogens (primary N) is 1. The second-order valence-corrected chi connectivity index (χ2v) is 5.22. The molecule has 0 aliphatic carbocycles. The van der Waals surface area contributed by atoms with Crippen LogP contribution in [0.5, 0.6) is 0 Å². The van der Waals surface area contributed by atoms with E-state index in [2.05, 4.69) is 31.1 Å². The van der Waals surface area contributed by atoms with Crippen molar-refractivity contribution >= 4 is 11.6 Å². The summed E-state index contributed by atoms with van der Waals surface area (Å²) in [6.07, 6.45) is 1.69. The van der Waals surface area contributed by atoms with Gasteiger partial charge in [0.1, 0.15) is 5.78 Å². The highest BCUT2D eigenvalue weighted by Crippen LogP contribution is 2.07. The molecule has 0 amide bonds. The normalized spacial score (nSPS) is 14.9. The van der Waals surface area contributed by atoms with Crippen molar-refractivity contribution in [1.82, 2.24) is 5.32 Å². The molecule has 0 aromatic heterocycles. The molecule has 0 rings (SSSR count). The molecular weight excluding hydrogens is 202 g/mol. The molecule has 94 valence electrons. The first-order valence-corrected chi connectivity index (χ1v) is 5.77. The van der Waals surface area contributed by atoms with E-state index in [1.165, 1.54) is 0 Å². The summed E-state index contributed by atoms with van der Waals surface area (Å²) >= 11 is 0. The van der Waals surface area contributed by atoms with E-state index in [4.69, 9.17) is 5.73 Å². The molecule has 0 saturated heterocycles. The first kappa shape index (κ1) is 15.1. The molecule has 16 heavy (non-hydrogen) atoms. The lowest BCUT2D eigenvalue weighted by Gasteiger charge is -2.26. The van der Waals surface area contributed by atoms with Gasteiger partial charge >= 0.3 is 0 Å². The average Bonchev–Trinajstić information content (AvgIpc) is 2.07. The van der Waals surface area contributed by atoms with Gasteiger partial charge in [-0.1, -0.05) is 0 Å². The summed E-state index contributed by atoms with van der Waals surface area (Å²) < 4.78 is 0. The molecule has 0 unspecified atom stereocenters. The van der Waals surface area contributed by atoms with Crippen molar-refractivity contribution in [1.29, 1.82) is 0 Å². The van der Waals surface area contributed by atoms with Crippen LogP contribution >= 0.6 is 0 Å². The molecular formula is C12H25N3O. The molecule has 4 heteroatoms. The van der Waals surface area contributed by atoms with Crippen LogP contribution in [0.2, 0.25) is 0 Å². The highest BCUT2D eigenvalue weighted by Gasteiger charge is 2.20. The molecule has 0 saturated carbocycles. The highest BCUT2D eigenvalue weighted by atomic mass is 16.1. The van der Waals surface area contributed by atoms with Gasteiger partial charge in [-0.25, -0.2) is 0 Å². The Labute approximate surface area is 98.7 Å². The molecule has 1 atom stereocenters. The van der Waals surface area contributed by atoms with E-state index >= 15 is 0 Å². The maximum absolute atomic E-state index is 11.4. The van der Waals surface area contributed by atoms with Crippen molar-refractivity contribution in [3.8, 4) is 0 Å². The first-order chi connectivity index (χ1) is 7.22. The van der Waals surface area contributed by atoms with Crippen LogP contribution in [0.1, 0.15) is 47.5 Å². The number of rotatable bonds is 6. The summed E-state index contributed by atoms with van der Waals surface area (Å²) in [5, 5.41) is 3.31. The second kappa shape index (κ2) is 6.63. The minimum atomic E-state index is -0.0757. The van der Waals surface area contributed by atoms with Gasteiger partial charge in [0.2, 0.25) is 0 Å². The quantitative estimate of drug-likeness (QED) is 0.410. The van der Waals surface area contributed by atoms with Gasteiger partial charge in [0.25, 0.3) is 0 Å². The lowest BCUT2D eigenvalue weighted by atomic mass is 10.0. The molecule has 4 nitrogen and oxygen atoms in total. The molecule has 0 spiro atoms. The monoisotopic (exact) mass is 227 g/mol. The Hall–Kier alpha value is -0.900. The van der Waals surface area contributed by atoms with Gasteiger partial charge < -0.3 is 11.1 Å². The third-order valence-corrected chi connectivity index (χ3v) is 2.11. The Bertz CT molecular complexity index is 249. The summed E-state index contributed by atoms with van der Waals surface area (Å²) in [5.41, 5.74) is 5.40. The number of hydrogen-bond acceptors (Lipinski definition) is 3. The SMILES string of the molecule is CC(=O)[C@H](CCCN=C(C)N)NC(C)(C)C. The number of ketones is 1. The van der Waals surface area contributed by atoms with Crippen molar-refractivity contribution < 1.29 is 4.79 Å². The maximum atomic E-state index is 11.4. The van der Waals surface area contributed by atoms with Crippen LogP contribution in [0.4, 0.5) is 0 Å². The lowest BCUT2D eigenvalue weighted by molar-refractivity contribution is -0.119. The van der Waals surface area contributed by atoms with Gasteiger partial charge in [-0.05, 0) is 47.5 Å². The first-order valence-electron chi connectivity index (χ1n) is 5.77. The zero-order valence-corrected chi connectivity index (χ0v) is 11.1. The van der Waals surface area contributed by atoms with E-state index < -0.39 is 0 Å². The van der Waals surface area contributed by atoms with E-state index in [9.17, 15) is 4.79 Å². The zero-order valence-electron chi connectivity index (χ0n) is 11.1. The Morgan fingerprint density at radius 1 is 1.38 bits per heavy atom. The molecule has 0 radical (unpaired) electrons. The zero-order chi connectivity index (χ0) is 12.8. The van der Waals surface area contributed by atoms with Crippen LogP contribution in [0, 0.1) is 0 Å². The predicted octanol–water partition coefficient (Wildman–Crippen LogP) is 1.49. The van der Waals surface area contributed by atoms with Gasteiger partial charge in [-0.3, -0.25) is 9.79 Å². The topological polar surface area (TPSA) is 67.5 Å². The second-order valence-electron chi connectivity index (χ2n) is 5.22. The van der Waals surface area contributed by atoms with Crippen LogP contribution in [-0.2, 0) is 4.79 Å². The number of amidine groups is 1. The Morgan fingerprint density at radius 2 is 1.94 bits per heavy atom. The number of nitrogens with one attached hydrogen (secondary N) is 1. The predicted molar refractivity (Wildman–Crippen MR) is 68.8 cm³/mol. The van der Waals surface area contributed by atoms with Gasteiger partial charge in [0.05, 0.1) is 11.9 Å². The summed E-state index contributed by atoms with van der Waals surface area (Å²) in [5.74, 6) is 0.784. The smallest absolute Gasteiger partial charge is 0.146 e. The Morgan fingerprint density at radius 3 is 2.31 bits per heavy atom. The van der Waals surface area contributed by atoms with Gasteiger partial charge in [0.15, 0.2) is 0 Å². The van der Waals surface area contributed by atoms with Gasteiger partial charge in [0, 0.05) is 12.1 Å². The molecule has 0 aromatic carbocycles. The summed E-state index contributed by atoms with van der Waals surface area (Å²) in [6, 6.07) is -0.0757. The van der Waals surface area contributed by atoms with Crippen molar-refractivity contribution in [3.63, 3.8) is 0 Å². The van der Waals surface area contributed by atoms with E-state index in [1.54, 1.807) is 13.8 Å². The fraction of sp³-hybridized carbons (Fsp3) is 0.833. The Balaban J connectivity index is 4.06. The average molecular weight is 227 g/mol. The third-order valence-electron chi connectivity index (χ3n) is 2.11. The van der Waals surface area contributed by atoms with E-state index in [1.807, 2.05) is 0 Å². The van der Waals surface area contributed by atoms with Crippen LogP contribution in [-0.4, -0.2) is 29.7 Å². The lowest BCUT2D eigenvalue weighted by Crippen LogP contribution is -2.47. The number of carbonyl (C=O) groups is 1. The molecule has 0 aliphatic rings. The van der Waals surface area contributed by atoms with Crippen LogP contribution < -0.4 is 11.1 Å². The van der Waals surface area contributed by atoms with E-state index in [0.29, 0.717) is 12.4 Å². The summed E-state index contributed by atoms with van der Waals surface area (Å²) in [4.78, 5) is 15.5. The molecule has 0 aliphatic heterocycles. The molecule has 0 fully saturated rings. The van der Waals surface area contributed by atoms with E-state index in [-0.39, 0.29) is 17.4 Å². The molecule has 0 heterocycles. The summed E-state index contributed by atoms with van der Waals surface area (Å²) in [7, 11) is 0. The highest BCUT2D eigenvalue weighted by molar-refractivity contribution is 5.81. The number of nitrogens with zero attached hydrogens (tertiary/aromatic N) is 1. The van der Waals surface area contributed by atoms with Gasteiger partial charge in [-0.2, -0.15) is 0 Å². The number of hydrogen-bond donors (Lipinski definition) is 2. The van der Waals surface area contributed by atoms with Crippen molar-refractivity contribution in [2.75, 3.05) is 6.54 Å². The standard InChI is InChI=1S/C12H25N3O/c1-9(16)11(15-12(3,4)5)7-6-8-14-10(2)13/h11,15H,6-8H2,1-5H3,(H2,13,14)/t11-/m0/s1. The van der Waals surface area contributed by atoms with Crippen LogP contribution in [0.3, 0.4) is 0 Å². The number of aliphatic imine (C=N–C) groups is 1. The fourth-order valence-corrected chi connectivity index (χ4v) is 1.45. The van der Waals surface area contributed by atoms with Crippen molar-refractivity contribution in [3.05, 3.63) is 0 Å². The van der Waals surface area contributed by atoms with Gasteiger partial charge in [-0.15, -0.1) is 0 Å².